The molecule has 2 aromatic heterocycles. The maximum Gasteiger partial charge on any atom is 0.345 e. The van der Waals surface area contributed by atoms with Crippen LogP contribution in [0.25, 0.3) is 21.1 Å². The molecule has 5 heteroatoms. The molecule has 1 aliphatic rings. The number of likely N-dealkylation sites (tertiary alicyclic amines) is 1. The normalized spacial score (nSPS) is 21.2. The summed E-state index contributed by atoms with van der Waals surface area (Å²) in [6, 6.07) is 7.94. The molecule has 4 rings (SSSR count). The summed E-state index contributed by atoms with van der Waals surface area (Å²) in [5, 5.41) is 1.40. The van der Waals surface area contributed by atoms with Gasteiger partial charge in [-0.2, -0.15) is 0 Å². The fraction of sp³-hybridized carbons (Fsp3) is 0.400. The topological polar surface area (TPSA) is 50.5 Å². The second kappa shape index (κ2) is 5.99. The fourth-order valence-electron chi connectivity index (χ4n) is 3.86. The summed E-state index contributed by atoms with van der Waals surface area (Å²) in [5.41, 5.74) is 1.30. The largest absolute Gasteiger partial charge is 0.422 e. The second-order valence-corrected chi connectivity index (χ2v) is 8.14. The van der Waals surface area contributed by atoms with Crippen LogP contribution in [-0.4, -0.2) is 22.9 Å². The van der Waals surface area contributed by atoms with Crippen molar-refractivity contribution in [2.75, 3.05) is 0 Å². The van der Waals surface area contributed by atoms with E-state index in [0.29, 0.717) is 15.8 Å². The Balaban J connectivity index is 1.87. The van der Waals surface area contributed by atoms with Crippen LogP contribution in [0.15, 0.2) is 33.5 Å². The highest BCUT2D eigenvalue weighted by Crippen LogP contribution is 2.33. The van der Waals surface area contributed by atoms with Crippen LogP contribution in [0.2, 0.25) is 0 Å². The zero-order valence-electron chi connectivity index (χ0n) is 14.7. The number of piperidine rings is 1. The zero-order chi connectivity index (χ0) is 17.7. The zero-order valence-corrected chi connectivity index (χ0v) is 15.5. The van der Waals surface area contributed by atoms with E-state index in [1.807, 2.05) is 30.0 Å². The minimum atomic E-state index is -0.374. The van der Waals surface area contributed by atoms with Gasteiger partial charge in [-0.15, -0.1) is 11.3 Å². The van der Waals surface area contributed by atoms with Crippen molar-refractivity contribution >= 4 is 38.3 Å². The van der Waals surface area contributed by atoms with Crippen molar-refractivity contribution in [3.05, 3.63) is 45.1 Å². The average molecular weight is 355 g/mol. The predicted molar refractivity (Wildman–Crippen MR) is 102 cm³/mol. The molecule has 0 bridgehead atoms. The Hall–Kier alpha value is -2.14. The van der Waals surface area contributed by atoms with Gasteiger partial charge in [0.2, 0.25) is 0 Å². The summed E-state index contributed by atoms with van der Waals surface area (Å²) in [6.07, 6.45) is 3.22. The average Bonchev–Trinajstić information content (AvgIpc) is 3.02. The van der Waals surface area contributed by atoms with E-state index in [1.165, 1.54) is 11.3 Å². The number of hydrogen-bond donors (Lipinski definition) is 0. The van der Waals surface area contributed by atoms with Gasteiger partial charge in [0, 0.05) is 17.5 Å². The van der Waals surface area contributed by atoms with Gasteiger partial charge in [-0.05, 0) is 58.2 Å². The lowest BCUT2D eigenvalue weighted by Gasteiger charge is -2.38. The van der Waals surface area contributed by atoms with E-state index in [2.05, 4.69) is 13.8 Å². The van der Waals surface area contributed by atoms with Crippen LogP contribution in [0.1, 0.15) is 48.3 Å². The van der Waals surface area contributed by atoms with E-state index in [-0.39, 0.29) is 23.6 Å². The van der Waals surface area contributed by atoms with Crippen LogP contribution in [0.3, 0.4) is 0 Å². The highest BCUT2D eigenvalue weighted by molar-refractivity contribution is 7.21. The van der Waals surface area contributed by atoms with Gasteiger partial charge in [-0.3, -0.25) is 4.79 Å². The first-order valence-corrected chi connectivity index (χ1v) is 9.57. The van der Waals surface area contributed by atoms with Crippen molar-refractivity contribution < 1.29 is 9.21 Å². The molecule has 1 aliphatic heterocycles. The number of hydrogen-bond acceptors (Lipinski definition) is 4. The standard InChI is InChI=1S/C20H21NO3S/c1-11-7-8-16-14(9-11)18-15(20(23)24-16)10-17(25-18)19(22)21-12(2)5-4-6-13(21)3/h7-10,12-13H,4-6H2,1-3H3/t12-,13+. The molecule has 3 aromatic rings. The van der Waals surface area contributed by atoms with Gasteiger partial charge in [0.05, 0.1) is 15.0 Å². The number of thiophene rings is 1. The van der Waals surface area contributed by atoms with Crippen molar-refractivity contribution in [3.8, 4) is 0 Å². The van der Waals surface area contributed by atoms with Crippen LogP contribution in [-0.2, 0) is 0 Å². The van der Waals surface area contributed by atoms with Crippen LogP contribution < -0.4 is 5.63 Å². The molecule has 4 nitrogen and oxygen atoms in total. The summed E-state index contributed by atoms with van der Waals surface area (Å²) in [7, 11) is 0. The van der Waals surface area contributed by atoms with Crippen molar-refractivity contribution in [1.82, 2.24) is 4.90 Å². The van der Waals surface area contributed by atoms with Crippen molar-refractivity contribution in [1.29, 1.82) is 0 Å². The number of rotatable bonds is 1. The van der Waals surface area contributed by atoms with E-state index in [4.69, 9.17) is 4.42 Å². The first kappa shape index (κ1) is 16.3. The third-order valence-corrected chi connectivity index (χ3v) is 6.33. The van der Waals surface area contributed by atoms with Gasteiger partial charge in [-0.1, -0.05) is 11.6 Å². The number of carbonyl (C=O) groups excluding carboxylic acids is 1. The molecule has 0 aliphatic carbocycles. The molecule has 3 heterocycles. The Kier molecular flexibility index (Phi) is 3.91. The van der Waals surface area contributed by atoms with E-state index in [0.717, 1.165) is 34.9 Å². The highest BCUT2D eigenvalue weighted by atomic mass is 32.1. The van der Waals surface area contributed by atoms with Gasteiger partial charge < -0.3 is 9.32 Å². The molecular formula is C20H21NO3S. The number of fused-ring (bicyclic) bond motifs is 3. The first-order chi connectivity index (χ1) is 12.0. The van der Waals surface area contributed by atoms with Crippen molar-refractivity contribution in [2.24, 2.45) is 0 Å². The second-order valence-electron chi connectivity index (χ2n) is 7.08. The fourth-order valence-corrected chi connectivity index (χ4v) is 4.97. The Morgan fingerprint density at radius 2 is 1.88 bits per heavy atom. The molecule has 0 radical (unpaired) electrons. The first-order valence-electron chi connectivity index (χ1n) is 8.75. The number of amides is 1. The lowest BCUT2D eigenvalue weighted by Crippen LogP contribution is -2.47. The maximum absolute atomic E-state index is 13.1. The summed E-state index contributed by atoms with van der Waals surface area (Å²) in [6.45, 7) is 6.22. The number of nitrogens with zero attached hydrogens (tertiary/aromatic N) is 1. The predicted octanol–water partition coefficient (Wildman–Crippen LogP) is 4.72. The van der Waals surface area contributed by atoms with Gasteiger partial charge >= 0.3 is 5.63 Å². The van der Waals surface area contributed by atoms with Crippen LogP contribution in [0, 0.1) is 6.92 Å². The van der Waals surface area contributed by atoms with Crippen LogP contribution >= 0.6 is 11.3 Å². The van der Waals surface area contributed by atoms with Crippen molar-refractivity contribution in [2.45, 2.75) is 52.1 Å². The third kappa shape index (κ3) is 2.67. The molecule has 0 N–H and O–H groups in total. The van der Waals surface area contributed by atoms with Crippen LogP contribution in [0.4, 0.5) is 0 Å². The molecule has 2 atom stereocenters. The Bertz CT molecular complexity index is 1020. The summed E-state index contributed by atoms with van der Waals surface area (Å²) in [5.74, 6) is 0.0288. The lowest BCUT2D eigenvalue weighted by molar-refractivity contribution is 0.0516. The van der Waals surface area contributed by atoms with E-state index >= 15 is 0 Å². The summed E-state index contributed by atoms with van der Waals surface area (Å²) < 4.78 is 6.28. The SMILES string of the molecule is Cc1ccc2oc(=O)c3cc(C(=O)N4[C@H](C)CCC[C@@H]4C)sc3c2c1. The Morgan fingerprint density at radius 3 is 2.60 bits per heavy atom. The summed E-state index contributed by atoms with van der Waals surface area (Å²) >= 11 is 1.40. The molecular weight excluding hydrogens is 334 g/mol. The van der Waals surface area contributed by atoms with Gasteiger partial charge in [0.25, 0.3) is 5.91 Å². The molecule has 1 amide bonds. The van der Waals surface area contributed by atoms with Gasteiger partial charge in [0.15, 0.2) is 0 Å². The number of benzene rings is 1. The molecule has 1 saturated heterocycles. The summed E-state index contributed by atoms with van der Waals surface area (Å²) in [4.78, 5) is 28.0. The number of aryl methyl sites for hydroxylation is 1. The minimum Gasteiger partial charge on any atom is -0.422 e. The highest BCUT2D eigenvalue weighted by Gasteiger charge is 2.31. The smallest absolute Gasteiger partial charge is 0.345 e. The monoisotopic (exact) mass is 355 g/mol. The molecule has 0 unspecified atom stereocenters. The van der Waals surface area contributed by atoms with Gasteiger partial charge in [0.1, 0.15) is 5.58 Å². The Labute approximate surface area is 150 Å². The molecule has 0 saturated carbocycles. The molecule has 1 aromatic carbocycles. The lowest BCUT2D eigenvalue weighted by atomic mass is 9.97. The molecule has 130 valence electrons. The van der Waals surface area contributed by atoms with Gasteiger partial charge in [-0.25, -0.2) is 4.79 Å². The maximum atomic E-state index is 13.1. The van der Waals surface area contributed by atoms with E-state index < -0.39 is 0 Å². The van der Waals surface area contributed by atoms with Crippen molar-refractivity contribution in [3.63, 3.8) is 0 Å². The Morgan fingerprint density at radius 1 is 1.16 bits per heavy atom. The quantitative estimate of drug-likeness (QED) is 0.594. The third-order valence-electron chi connectivity index (χ3n) is 5.17. The molecule has 0 spiro atoms. The molecule has 25 heavy (non-hydrogen) atoms. The van der Waals surface area contributed by atoms with E-state index in [9.17, 15) is 9.59 Å². The minimum absolute atomic E-state index is 0.0288. The molecule has 1 fully saturated rings. The number of carbonyl (C=O) groups is 1. The van der Waals surface area contributed by atoms with E-state index in [1.54, 1.807) is 6.07 Å². The van der Waals surface area contributed by atoms with Crippen LogP contribution in [0.5, 0.6) is 0 Å².